The summed E-state index contributed by atoms with van der Waals surface area (Å²) < 4.78 is 1.95. The molecule has 0 aliphatic carbocycles. The van der Waals surface area contributed by atoms with E-state index in [0.29, 0.717) is 21.8 Å². The van der Waals surface area contributed by atoms with Crippen molar-refractivity contribution in [2.24, 2.45) is 5.10 Å². The fraction of sp³-hybridized carbons (Fsp3) is 0.143. The van der Waals surface area contributed by atoms with Crippen LogP contribution in [-0.4, -0.2) is 32.6 Å². The van der Waals surface area contributed by atoms with E-state index >= 15 is 0 Å². The van der Waals surface area contributed by atoms with Gasteiger partial charge in [0.15, 0.2) is 11.0 Å². The summed E-state index contributed by atoms with van der Waals surface area (Å²) in [4.78, 5) is 12.1. The van der Waals surface area contributed by atoms with Crippen LogP contribution in [0.4, 0.5) is 0 Å². The lowest BCUT2D eigenvalue weighted by Crippen LogP contribution is -2.19. The van der Waals surface area contributed by atoms with Crippen molar-refractivity contribution in [3.63, 3.8) is 0 Å². The third-order valence-electron chi connectivity index (χ3n) is 3.95. The summed E-state index contributed by atoms with van der Waals surface area (Å²) in [5.41, 5.74) is 4.33. The van der Waals surface area contributed by atoms with Crippen LogP contribution in [0, 0.1) is 0 Å². The van der Waals surface area contributed by atoms with Gasteiger partial charge < -0.3 is 4.57 Å². The third kappa shape index (κ3) is 6.19. The van der Waals surface area contributed by atoms with Gasteiger partial charge in [-0.25, -0.2) is 5.43 Å². The van der Waals surface area contributed by atoms with Crippen molar-refractivity contribution < 1.29 is 4.79 Å². The van der Waals surface area contributed by atoms with Crippen LogP contribution in [0.15, 0.2) is 69.9 Å². The zero-order valence-electron chi connectivity index (χ0n) is 16.1. The molecule has 0 saturated carbocycles. The highest BCUT2D eigenvalue weighted by Gasteiger charge is 2.14. The fourth-order valence-corrected chi connectivity index (χ4v) is 3.66. The van der Waals surface area contributed by atoms with Crippen molar-refractivity contribution in [1.29, 1.82) is 0 Å². The van der Waals surface area contributed by atoms with E-state index in [0.717, 1.165) is 17.0 Å². The van der Waals surface area contributed by atoms with E-state index < -0.39 is 0 Å². The van der Waals surface area contributed by atoms with Gasteiger partial charge in [-0.2, -0.15) is 5.10 Å². The maximum absolute atomic E-state index is 12.1. The molecule has 154 valence electrons. The second-order valence-electron chi connectivity index (χ2n) is 6.08. The molecule has 0 bridgehead atoms. The molecule has 0 aliphatic heterocycles. The second-order valence-corrected chi connectivity index (χ2v) is 7.89. The van der Waals surface area contributed by atoms with Crippen LogP contribution < -0.4 is 5.43 Å². The first-order chi connectivity index (χ1) is 14.6. The third-order valence-corrected chi connectivity index (χ3v) is 5.37. The number of nitrogens with zero attached hydrogens (tertiary/aromatic N) is 4. The SMILES string of the molecule is CCn1c(SCC(=O)NN=CC(Cl)=Cc2ccccc2)nnc1-c1ccc(Cl)cc1. The number of carbonyl (C=O) groups is 1. The molecule has 1 N–H and O–H groups in total. The van der Waals surface area contributed by atoms with Gasteiger partial charge >= 0.3 is 0 Å². The number of amides is 1. The number of nitrogens with one attached hydrogen (secondary N) is 1. The summed E-state index contributed by atoms with van der Waals surface area (Å²) in [6.45, 7) is 2.67. The summed E-state index contributed by atoms with van der Waals surface area (Å²) in [5, 5.41) is 14.1. The molecule has 0 aliphatic rings. The van der Waals surface area contributed by atoms with Gasteiger partial charge in [0.05, 0.1) is 17.0 Å². The Bertz CT molecular complexity index is 1050. The number of benzene rings is 2. The molecule has 1 aromatic heterocycles. The van der Waals surface area contributed by atoms with E-state index in [4.69, 9.17) is 23.2 Å². The van der Waals surface area contributed by atoms with Gasteiger partial charge in [0, 0.05) is 17.1 Å². The Morgan fingerprint density at radius 1 is 1.17 bits per heavy atom. The van der Waals surface area contributed by atoms with Crippen LogP contribution >= 0.6 is 35.0 Å². The average molecular weight is 460 g/mol. The Kier molecular flexibility index (Phi) is 8.07. The van der Waals surface area contributed by atoms with E-state index in [9.17, 15) is 4.79 Å². The van der Waals surface area contributed by atoms with E-state index in [2.05, 4.69) is 20.7 Å². The first kappa shape index (κ1) is 22.1. The Balaban J connectivity index is 1.56. The van der Waals surface area contributed by atoms with E-state index in [-0.39, 0.29) is 11.7 Å². The minimum atomic E-state index is -0.265. The van der Waals surface area contributed by atoms with Crippen molar-refractivity contribution >= 4 is 53.2 Å². The Hall–Kier alpha value is -2.61. The molecule has 0 radical (unpaired) electrons. The lowest BCUT2D eigenvalue weighted by molar-refractivity contribution is -0.118. The topological polar surface area (TPSA) is 72.2 Å². The number of thioether (sulfide) groups is 1. The highest BCUT2D eigenvalue weighted by molar-refractivity contribution is 7.99. The highest BCUT2D eigenvalue weighted by atomic mass is 35.5. The maximum atomic E-state index is 12.1. The normalized spacial score (nSPS) is 11.8. The minimum Gasteiger partial charge on any atom is -0.302 e. The minimum absolute atomic E-state index is 0.149. The van der Waals surface area contributed by atoms with E-state index in [1.165, 1.54) is 18.0 Å². The predicted octanol–water partition coefficient (Wildman–Crippen LogP) is 5.09. The lowest BCUT2D eigenvalue weighted by Gasteiger charge is -2.07. The lowest BCUT2D eigenvalue weighted by atomic mass is 10.2. The first-order valence-electron chi connectivity index (χ1n) is 9.13. The number of rotatable bonds is 8. The Morgan fingerprint density at radius 2 is 1.90 bits per heavy atom. The molecule has 0 fully saturated rings. The van der Waals surface area contributed by atoms with Crippen LogP contribution in [0.5, 0.6) is 0 Å². The molecular weight excluding hydrogens is 441 g/mol. The van der Waals surface area contributed by atoms with E-state index in [1.54, 1.807) is 18.2 Å². The van der Waals surface area contributed by atoms with Crippen molar-refractivity contribution in [3.05, 3.63) is 70.2 Å². The molecule has 30 heavy (non-hydrogen) atoms. The van der Waals surface area contributed by atoms with E-state index in [1.807, 2.05) is 54.0 Å². The molecule has 1 heterocycles. The molecular formula is C21H19Cl2N5OS. The quantitative estimate of drug-likeness (QED) is 0.289. The summed E-state index contributed by atoms with van der Waals surface area (Å²) >= 11 is 13.3. The Morgan fingerprint density at radius 3 is 2.60 bits per heavy atom. The molecule has 0 saturated heterocycles. The number of aromatic nitrogens is 3. The standard InChI is InChI=1S/C21H19Cl2N5OS/c1-2-28-20(16-8-10-17(22)11-9-16)26-27-21(28)30-14-19(29)25-24-13-18(23)12-15-6-4-3-5-7-15/h3-13H,2,14H2,1H3,(H,25,29). The molecule has 0 atom stereocenters. The van der Waals surface area contributed by atoms with Crippen molar-refractivity contribution in [3.8, 4) is 11.4 Å². The molecule has 3 rings (SSSR count). The number of allylic oxidation sites excluding steroid dienone is 1. The molecule has 0 unspecified atom stereocenters. The number of hydrogen-bond acceptors (Lipinski definition) is 5. The van der Waals surface area contributed by atoms with Gasteiger partial charge in [0.25, 0.3) is 5.91 Å². The van der Waals surface area contributed by atoms with Crippen LogP contribution in [0.25, 0.3) is 17.5 Å². The monoisotopic (exact) mass is 459 g/mol. The first-order valence-corrected chi connectivity index (χ1v) is 10.9. The van der Waals surface area contributed by atoms with Crippen LogP contribution in [0.2, 0.25) is 5.02 Å². The predicted molar refractivity (Wildman–Crippen MR) is 124 cm³/mol. The summed E-state index contributed by atoms with van der Waals surface area (Å²) in [7, 11) is 0. The number of hydrazone groups is 1. The van der Waals surface area contributed by atoms with Gasteiger partial charge in [-0.15, -0.1) is 10.2 Å². The molecule has 6 nitrogen and oxygen atoms in total. The van der Waals surface area contributed by atoms with Gasteiger partial charge in [-0.1, -0.05) is 65.3 Å². The van der Waals surface area contributed by atoms with Crippen LogP contribution in [0.3, 0.4) is 0 Å². The van der Waals surface area contributed by atoms with Crippen LogP contribution in [0.1, 0.15) is 12.5 Å². The number of hydrogen-bond donors (Lipinski definition) is 1. The highest BCUT2D eigenvalue weighted by Crippen LogP contribution is 2.25. The van der Waals surface area contributed by atoms with Gasteiger partial charge in [0.2, 0.25) is 0 Å². The maximum Gasteiger partial charge on any atom is 0.250 e. The molecule has 2 aromatic carbocycles. The molecule has 9 heteroatoms. The number of carbonyl (C=O) groups excluding carboxylic acids is 1. The molecule has 1 amide bonds. The average Bonchev–Trinajstić information content (AvgIpc) is 3.16. The smallest absolute Gasteiger partial charge is 0.250 e. The zero-order chi connectivity index (χ0) is 21.3. The fourth-order valence-electron chi connectivity index (χ4n) is 2.57. The largest absolute Gasteiger partial charge is 0.302 e. The summed E-state index contributed by atoms with van der Waals surface area (Å²) in [6.07, 6.45) is 3.15. The van der Waals surface area contributed by atoms with Crippen molar-refractivity contribution in [2.45, 2.75) is 18.6 Å². The molecule has 3 aromatic rings. The second kappa shape index (κ2) is 11.0. The van der Waals surface area contributed by atoms with Gasteiger partial charge in [-0.3, -0.25) is 4.79 Å². The number of halogens is 2. The Labute approximate surface area is 189 Å². The van der Waals surface area contributed by atoms with Crippen molar-refractivity contribution in [2.75, 3.05) is 5.75 Å². The summed E-state index contributed by atoms with van der Waals surface area (Å²) in [6, 6.07) is 17.0. The summed E-state index contributed by atoms with van der Waals surface area (Å²) in [5.74, 6) is 0.614. The zero-order valence-corrected chi connectivity index (χ0v) is 18.5. The van der Waals surface area contributed by atoms with Crippen molar-refractivity contribution in [1.82, 2.24) is 20.2 Å². The van der Waals surface area contributed by atoms with Gasteiger partial charge in [-0.05, 0) is 42.8 Å². The van der Waals surface area contributed by atoms with Crippen LogP contribution in [-0.2, 0) is 11.3 Å². The molecule has 0 spiro atoms. The van der Waals surface area contributed by atoms with Gasteiger partial charge in [0.1, 0.15) is 0 Å².